The van der Waals surface area contributed by atoms with Gasteiger partial charge >= 0.3 is 6.09 Å². The number of carbonyl (C=O) groups excluding carboxylic acids is 1. The second-order valence-corrected chi connectivity index (χ2v) is 5.83. The molecule has 1 heterocycles. The first kappa shape index (κ1) is 17.2. The molecule has 1 saturated heterocycles. The summed E-state index contributed by atoms with van der Waals surface area (Å²) in [6, 6.07) is 0.283. The summed E-state index contributed by atoms with van der Waals surface area (Å²) in [6.07, 6.45) is -0.470. The second kappa shape index (κ2) is 7.81. The van der Waals surface area contributed by atoms with Crippen LogP contribution in [0.5, 0.6) is 0 Å². The zero-order valence-electron chi connectivity index (χ0n) is 13.3. The normalized spacial score (nSPS) is 16.4. The van der Waals surface area contributed by atoms with Crippen LogP contribution in [0.15, 0.2) is 0 Å². The molecule has 1 N–H and O–H groups in total. The van der Waals surface area contributed by atoms with Crippen LogP contribution in [0.1, 0.15) is 34.6 Å². The van der Waals surface area contributed by atoms with E-state index in [2.05, 4.69) is 5.32 Å². The van der Waals surface area contributed by atoms with E-state index in [0.717, 1.165) is 0 Å². The number of hydrogen-bond donors (Lipinski definition) is 1. The van der Waals surface area contributed by atoms with Gasteiger partial charge in [0.15, 0.2) is 6.29 Å². The topological polar surface area (TPSA) is 60.0 Å². The van der Waals surface area contributed by atoms with Crippen molar-refractivity contribution < 1.29 is 19.0 Å². The summed E-state index contributed by atoms with van der Waals surface area (Å²) < 4.78 is 16.2. The van der Waals surface area contributed by atoms with Crippen LogP contribution in [0.3, 0.4) is 0 Å². The summed E-state index contributed by atoms with van der Waals surface area (Å²) in [4.78, 5) is 13.4. The zero-order valence-corrected chi connectivity index (χ0v) is 13.3. The Morgan fingerprint density at radius 2 is 1.80 bits per heavy atom. The fourth-order valence-corrected chi connectivity index (χ4v) is 1.88. The maximum atomic E-state index is 11.8. The zero-order chi connectivity index (χ0) is 15.2. The van der Waals surface area contributed by atoms with E-state index >= 15 is 0 Å². The van der Waals surface area contributed by atoms with Crippen molar-refractivity contribution in [2.45, 2.75) is 52.6 Å². The largest absolute Gasteiger partial charge is 0.444 e. The molecular formula is C14H28N2O4. The van der Waals surface area contributed by atoms with Crippen molar-refractivity contribution in [1.29, 1.82) is 0 Å². The first-order valence-electron chi connectivity index (χ1n) is 7.30. The third-order valence-electron chi connectivity index (χ3n) is 2.81. The van der Waals surface area contributed by atoms with Crippen molar-refractivity contribution in [2.24, 2.45) is 0 Å². The van der Waals surface area contributed by atoms with Crippen LogP contribution in [0.25, 0.3) is 0 Å². The number of hydrogen-bond acceptors (Lipinski definition) is 5. The van der Waals surface area contributed by atoms with Gasteiger partial charge in [-0.05, 0) is 34.6 Å². The molecule has 0 spiro atoms. The monoisotopic (exact) mass is 288 g/mol. The van der Waals surface area contributed by atoms with Gasteiger partial charge in [-0.25, -0.2) is 4.79 Å². The molecule has 0 unspecified atom stereocenters. The predicted molar refractivity (Wildman–Crippen MR) is 76.6 cm³/mol. The summed E-state index contributed by atoms with van der Waals surface area (Å²) in [5, 5.41) is 3.34. The lowest BCUT2D eigenvalue weighted by Crippen LogP contribution is -2.61. The molecule has 118 valence electrons. The predicted octanol–water partition coefficient (Wildman–Crippen LogP) is 1.59. The molecule has 1 aliphatic rings. The average molecular weight is 288 g/mol. The minimum Gasteiger partial charge on any atom is -0.444 e. The van der Waals surface area contributed by atoms with Crippen molar-refractivity contribution in [1.82, 2.24) is 10.2 Å². The van der Waals surface area contributed by atoms with Crippen LogP contribution in [0, 0.1) is 0 Å². The number of nitrogens with zero attached hydrogens (tertiary/aromatic N) is 1. The maximum Gasteiger partial charge on any atom is 0.410 e. The van der Waals surface area contributed by atoms with E-state index in [1.165, 1.54) is 0 Å². The van der Waals surface area contributed by atoms with Crippen LogP contribution < -0.4 is 5.32 Å². The molecule has 1 rings (SSSR count). The van der Waals surface area contributed by atoms with Gasteiger partial charge in [0.1, 0.15) is 5.60 Å². The van der Waals surface area contributed by atoms with Crippen molar-refractivity contribution >= 4 is 6.09 Å². The molecule has 0 saturated carbocycles. The summed E-state index contributed by atoms with van der Waals surface area (Å²) in [5.41, 5.74) is -0.440. The SMILES string of the molecule is CCOC(CNC1CN(C(=O)OC(C)(C)C)C1)OCC. The lowest BCUT2D eigenvalue weighted by atomic mass is 10.1. The summed E-state index contributed by atoms with van der Waals surface area (Å²) in [5.74, 6) is 0. The molecule has 1 amide bonds. The van der Waals surface area contributed by atoms with E-state index < -0.39 is 5.60 Å². The van der Waals surface area contributed by atoms with Crippen molar-refractivity contribution in [2.75, 3.05) is 32.8 Å². The van der Waals surface area contributed by atoms with Gasteiger partial charge in [0.05, 0.1) is 0 Å². The molecule has 0 aromatic heterocycles. The van der Waals surface area contributed by atoms with E-state index in [9.17, 15) is 4.79 Å². The summed E-state index contributed by atoms with van der Waals surface area (Å²) >= 11 is 0. The Balaban J connectivity index is 2.19. The Morgan fingerprint density at radius 3 is 2.25 bits per heavy atom. The number of carbonyl (C=O) groups is 1. The Labute approximate surface area is 121 Å². The smallest absolute Gasteiger partial charge is 0.410 e. The van der Waals surface area contributed by atoms with E-state index in [-0.39, 0.29) is 18.4 Å². The first-order chi connectivity index (χ1) is 9.35. The summed E-state index contributed by atoms with van der Waals surface area (Å²) in [6.45, 7) is 12.7. The van der Waals surface area contributed by atoms with Gasteiger partial charge in [0.2, 0.25) is 0 Å². The fraction of sp³-hybridized carbons (Fsp3) is 0.929. The number of nitrogens with one attached hydrogen (secondary N) is 1. The molecule has 1 fully saturated rings. The van der Waals surface area contributed by atoms with Crippen molar-refractivity contribution in [3.63, 3.8) is 0 Å². The number of rotatable bonds is 7. The lowest BCUT2D eigenvalue weighted by molar-refractivity contribution is -0.135. The van der Waals surface area contributed by atoms with Gasteiger partial charge in [-0.15, -0.1) is 0 Å². The standard InChI is InChI=1S/C14H28N2O4/c1-6-18-12(19-7-2)8-15-11-9-16(10-11)13(17)20-14(3,4)5/h11-12,15H,6-10H2,1-5H3. The molecule has 20 heavy (non-hydrogen) atoms. The molecule has 0 atom stereocenters. The van der Waals surface area contributed by atoms with Gasteiger partial charge < -0.3 is 24.4 Å². The molecule has 0 aromatic rings. The van der Waals surface area contributed by atoms with Crippen LogP contribution in [0.2, 0.25) is 0 Å². The number of ether oxygens (including phenoxy) is 3. The lowest BCUT2D eigenvalue weighted by Gasteiger charge is -2.40. The maximum absolute atomic E-state index is 11.8. The van der Waals surface area contributed by atoms with Gasteiger partial charge in [-0.3, -0.25) is 0 Å². The quantitative estimate of drug-likeness (QED) is 0.721. The van der Waals surface area contributed by atoms with Gasteiger partial charge in [-0.1, -0.05) is 0 Å². The second-order valence-electron chi connectivity index (χ2n) is 5.83. The molecule has 0 bridgehead atoms. The Hall–Kier alpha value is -0.850. The van der Waals surface area contributed by atoms with Gasteiger partial charge in [-0.2, -0.15) is 0 Å². The van der Waals surface area contributed by atoms with Gasteiger partial charge in [0.25, 0.3) is 0 Å². The molecule has 6 heteroatoms. The van der Waals surface area contributed by atoms with Crippen LogP contribution in [0.4, 0.5) is 4.79 Å². The minimum absolute atomic E-state index is 0.222. The fourth-order valence-electron chi connectivity index (χ4n) is 1.88. The molecule has 0 aliphatic carbocycles. The average Bonchev–Trinajstić information content (AvgIpc) is 2.24. The van der Waals surface area contributed by atoms with E-state index in [4.69, 9.17) is 14.2 Å². The summed E-state index contributed by atoms with van der Waals surface area (Å²) in [7, 11) is 0. The highest BCUT2D eigenvalue weighted by Gasteiger charge is 2.33. The van der Waals surface area contributed by atoms with Crippen LogP contribution >= 0.6 is 0 Å². The molecule has 1 aliphatic heterocycles. The van der Waals surface area contributed by atoms with Crippen LogP contribution in [-0.2, 0) is 14.2 Å². The third kappa shape index (κ3) is 6.07. The highest BCUT2D eigenvalue weighted by molar-refractivity contribution is 5.69. The molecule has 0 aromatic carbocycles. The Bertz CT molecular complexity index is 292. The Kier molecular flexibility index (Phi) is 6.71. The minimum atomic E-state index is -0.440. The van der Waals surface area contributed by atoms with E-state index in [1.807, 2.05) is 34.6 Å². The molecule has 6 nitrogen and oxygen atoms in total. The number of likely N-dealkylation sites (tertiary alicyclic amines) is 1. The number of amides is 1. The van der Waals surface area contributed by atoms with Crippen molar-refractivity contribution in [3.8, 4) is 0 Å². The van der Waals surface area contributed by atoms with E-state index in [0.29, 0.717) is 32.8 Å². The third-order valence-corrected chi connectivity index (χ3v) is 2.81. The highest BCUT2D eigenvalue weighted by Crippen LogP contribution is 2.15. The Morgan fingerprint density at radius 1 is 1.25 bits per heavy atom. The molecule has 0 radical (unpaired) electrons. The van der Waals surface area contributed by atoms with Gasteiger partial charge in [0, 0.05) is 38.9 Å². The highest BCUT2D eigenvalue weighted by atomic mass is 16.7. The van der Waals surface area contributed by atoms with Crippen molar-refractivity contribution in [3.05, 3.63) is 0 Å². The van der Waals surface area contributed by atoms with E-state index in [1.54, 1.807) is 4.90 Å². The molecular weight excluding hydrogens is 260 g/mol. The van der Waals surface area contributed by atoms with Crippen LogP contribution in [-0.4, -0.2) is 61.8 Å². The first-order valence-corrected chi connectivity index (χ1v) is 7.30.